The minimum atomic E-state index is -0.161. The number of cyclic esters (lactones) is 1. The monoisotopic (exact) mass is 240 g/mol. The molecule has 1 heterocycles. The number of allylic oxidation sites excluding steroid dienone is 1. The lowest BCUT2D eigenvalue weighted by Crippen LogP contribution is -2.33. The summed E-state index contributed by atoms with van der Waals surface area (Å²) >= 11 is 0. The normalized spacial score (nSPS) is 27.5. The molecule has 0 aromatic rings. The van der Waals surface area contributed by atoms with Gasteiger partial charge in [-0.15, -0.1) is 0 Å². The van der Waals surface area contributed by atoms with Gasteiger partial charge in [0.15, 0.2) is 0 Å². The first-order valence-electron chi connectivity index (χ1n) is 5.93. The van der Waals surface area contributed by atoms with Crippen LogP contribution in [0, 0.1) is 5.92 Å². The third-order valence-electron chi connectivity index (χ3n) is 3.21. The fourth-order valence-electron chi connectivity index (χ4n) is 1.98. The second-order valence-electron chi connectivity index (χ2n) is 4.54. The van der Waals surface area contributed by atoms with Crippen LogP contribution in [0.1, 0.15) is 33.1 Å². The zero-order valence-corrected chi connectivity index (χ0v) is 10.6. The van der Waals surface area contributed by atoms with Crippen molar-refractivity contribution in [2.24, 2.45) is 5.92 Å². The van der Waals surface area contributed by atoms with Gasteiger partial charge in [-0.05, 0) is 31.4 Å². The van der Waals surface area contributed by atoms with Gasteiger partial charge in [0, 0.05) is 13.5 Å². The Morgan fingerprint density at radius 2 is 2.29 bits per heavy atom. The highest BCUT2D eigenvalue weighted by atomic mass is 16.5. The molecule has 0 aromatic carbocycles. The van der Waals surface area contributed by atoms with Crippen LogP contribution in [-0.4, -0.2) is 31.6 Å². The predicted molar refractivity (Wildman–Crippen MR) is 63.5 cm³/mol. The maximum atomic E-state index is 11.4. The molecule has 1 fully saturated rings. The highest BCUT2D eigenvalue weighted by Gasteiger charge is 2.29. The number of carbonyl (C=O) groups excluding carboxylic acids is 2. The van der Waals surface area contributed by atoms with Crippen molar-refractivity contribution in [2.45, 2.75) is 45.3 Å². The van der Waals surface area contributed by atoms with Gasteiger partial charge in [0.1, 0.15) is 12.4 Å². The van der Waals surface area contributed by atoms with Crippen LogP contribution >= 0.6 is 0 Å². The van der Waals surface area contributed by atoms with E-state index >= 15 is 0 Å². The molecule has 0 bridgehead atoms. The number of rotatable bonds is 5. The summed E-state index contributed by atoms with van der Waals surface area (Å²) in [7, 11) is 1.60. The van der Waals surface area contributed by atoms with Crippen LogP contribution in [0.5, 0.6) is 0 Å². The van der Waals surface area contributed by atoms with Crippen LogP contribution in [0.25, 0.3) is 0 Å². The Labute approximate surface area is 102 Å². The van der Waals surface area contributed by atoms with E-state index in [4.69, 9.17) is 9.47 Å². The molecule has 0 unspecified atom stereocenters. The van der Waals surface area contributed by atoms with Gasteiger partial charge in [-0.3, -0.25) is 9.59 Å². The number of ether oxygens (including phenoxy) is 2. The Morgan fingerprint density at radius 1 is 1.59 bits per heavy atom. The van der Waals surface area contributed by atoms with E-state index in [-0.39, 0.29) is 24.1 Å². The summed E-state index contributed by atoms with van der Waals surface area (Å²) in [5.41, 5.74) is 0.858. The number of esters is 1. The summed E-state index contributed by atoms with van der Waals surface area (Å²) in [6, 6.07) is 0. The summed E-state index contributed by atoms with van der Waals surface area (Å²) in [6.45, 7) is 3.72. The van der Waals surface area contributed by atoms with Gasteiger partial charge in [0.05, 0.1) is 12.0 Å². The zero-order valence-electron chi connectivity index (χ0n) is 10.6. The maximum Gasteiger partial charge on any atom is 0.308 e. The van der Waals surface area contributed by atoms with E-state index in [1.807, 2.05) is 13.8 Å². The molecule has 1 rings (SSSR count). The van der Waals surface area contributed by atoms with E-state index in [0.717, 1.165) is 24.7 Å². The fourth-order valence-corrected chi connectivity index (χ4v) is 1.98. The molecule has 0 saturated carbocycles. The van der Waals surface area contributed by atoms with Crippen molar-refractivity contribution < 1.29 is 19.1 Å². The lowest BCUT2D eigenvalue weighted by atomic mass is 9.94. The van der Waals surface area contributed by atoms with Crippen LogP contribution in [0.4, 0.5) is 0 Å². The molecule has 0 N–H and O–H groups in total. The van der Waals surface area contributed by atoms with E-state index < -0.39 is 0 Å². The Morgan fingerprint density at radius 3 is 2.82 bits per heavy atom. The first-order valence-corrected chi connectivity index (χ1v) is 5.93. The standard InChI is InChI=1S/C13H20O4/c1-9(6-7-14)12(16-3)8-11-5-4-10(2)13(15)17-11/h6-7,10-12H,4-5,8H2,1-3H3/b9-6+/t10-,11+,12+/m1/s1. The highest BCUT2D eigenvalue weighted by molar-refractivity contribution is 5.72. The van der Waals surface area contributed by atoms with Crippen LogP contribution in [-0.2, 0) is 19.1 Å². The number of hydrogen-bond donors (Lipinski definition) is 0. The third-order valence-corrected chi connectivity index (χ3v) is 3.21. The molecule has 0 aliphatic carbocycles. The molecular formula is C13H20O4. The molecular weight excluding hydrogens is 220 g/mol. The topological polar surface area (TPSA) is 52.6 Å². The molecule has 3 atom stereocenters. The van der Waals surface area contributed by atoms with E-state index in [1.165, 1.54) is 6.08 Å². The van der Waals surface area contributed by atoms with Gasteiger partial charge < -0.3 is 9.47 Å². The van der Waals surface area contributed by atoms with Crippen molar-refractivity contribution in [1.29, 1.82) is 0 Å². The molecule has 0 amide bonds. The van der Waals surface area contributed by atoms with Gasteiger partial charge in [0.2, 0.25) is 0 Å². The molecule has 1 saturated heterocycles. The molecule has 4 heteroatoms. The Bertz CT molecular complexity index is 309. The molecule has 1 aliphatic rings. The second-order valence-corrected chi connectivity index (χ2v) is 4.54. The first kappa shape index (κ1) is 13.9. The van der Waals surface area contributed by atoms with E-state index in [2.05, 4.69) is 0 Å². The second kappa shape index (κ2) is 6.55. The Balaban J connectivity index is 2.54. The molecule has 0 aromatic heterocycles. The minimum absolute atomic E-state index is 0.00106. The van der Waals surface area contributed by atoms with Crippen molar-refractivity contribution >= 4 is 12.3 Å². The largest absolute Gasteiger partial charge is 0.462 e. The SMILES string of the molecule is CO[C@@H](C[C@@H]1CC[C@@H](C)C(=O)O1)/C(C)=C/C=O. The van der Waals surface area contributed by atoms with Crippen LogP contribution in [0.3, 0.4) is 0 Å². The summed E-state index contributed by atoms with van der Waals surface area (Å²) in [5, 5.41) is 0. The van der Waals surface area contributed by atoms with Crippen LogP contribution < -0.4 is 0 Å². The summed E-state index contributed by atoms with van der Waals surface area (Å²) in [4.78, 5) is 21.8. The summed E-state index contributed by atoms with van der Waals surface area (Å²) < 4.78 is 10.6. The lowest BCUT2D eigenvalue weighted by molar-refractivity contribution is -0.161. The molecule has 96 valence electrons. The highest BCUT2D eigenvalue weighted by Crippen LogP contribution is 2.24. The number of methoxy groups -OCH3 is 1. The predicted octanol–water partition coefficient (Wildman–Crippen LogP) is 1.88. The van der Waals surface area contributed by atoms with Crippen LogP contribution in [0.15, 0.2) is 11.6 Å². The first-order chi connectivity index (χ1) is 8.08. The van der Waals surface area contributed by atoms with Crippen molar-refractivity contribution in [3.8, 4) is 0 Å². The molecule has 0 spiro atoms. The van der Waals surface area contributed by atoms with E-state index in [0.29, 0.717) is 6.42 Å². The van der Waals surface area contributed by atoms with Crippen molar-refractivity contribution in [2.75, 3.05) is 7.11 Å². The average Bonchev–Trinajstić information content (AvgIpc) is 2.30. The summed E-state index contributed by atoms with van der Waals surface area (Å²) in [5.74, 6) is -0.132. The van der Waals surface area contributed by atoms with Crippen molar-refractivity contribution in [3.05, 3.63) is 11.6 Å². The molecule has 4 nitrogen and oxygen atoms in total. The molecule has 1 aliphatic heterocycles. The lowest BCUT2D eigenvalue weighted by Gasteiger charge is -2.29. The molecule has 0 radical (unpaired) electrons. The van der Waals surface area contributed by atoms with Gasteiger partial charge in [-0.1, -0.05) is 6.92 Å². The van der Waals surface area contributed by atoms with E-state index in [1.54, 1.807) is 7.11 Å². The number of carbonyl (C=O) groups is 2. The zero-order chi connectivity index (χ0) is 12.8. The third kappa shape index (κ3) is 3.97. The van der Waals surface area contributed by atoms with Crippen LogP contribution in [0.2, 0.25) is 0 Å². The maximum absolute atomic E-state index is 11.4. The van der Waals surface area contributed by atoms with Crippen molar-refractivity contribution in [3.63, 3.8) is 0 Å². The Hall–Kier alpha value is -1.16. The number of aldehydes is 1. The van der Waals surface area contributed by atoms with Crippen molar-refractivity contribution in [1.82, 2.24) is 0 Å². The van der Waals surface area contributed by atoms with Gasteiger partial charge in [0.25, 0.3) is 0 Å². The smallest absolute Gasteiger partial charge is 0.308 e. The average molecular weight is 240 g/mol. The fraction of sp³-hybridized carbons (Fsp3) is 0.692. The summed E-state index contributed by atoms with van der Waals surface area (Å²) in [6.07, 6.45) is 4.31. The minimum Gasteiger partial charge on any atom is -0.462 e. The van der Waals surface area contributed by atoms with Gasteiger partial charge in [-0.2, -0.15) is 0 Å². The quantitative estimate of drug-likeness (QED) is 0.418. The molecule has 17 heavy (non-hydrogen) atoms. The number of hydrogen-bond acceptors (Lipinski definition) is 4. The van der Waals surface area contributed by atoms with Gasteiger partial charge in [-0.25, -0.2) is 0 Å². The van der Waals surface area contributed by atoms with Gasteiger partial charge >= 0.3 is 5.97 Å². The van der Waals surface area contributed by atoms with E-state index in [9.17, 15) is 9.59 Å². The Kier molecular flexibility index (Phi) is 5.35.